The summed E-state index contributed by atoms with van der Waals surface area (Å²) in [4.78, 5) is 2.42. The number of rotatable bonds is 2. The molecule has 0 saturated heterocycles. The lowest BCUT2D eigenvalue weighted by atomic mass is 10.1. The van der Waals surface area contributed by atoms with Crippen molar-refractivity contribution in [2.75, 3.05) is 0 Å². The fraction of sp³-hybridized carbons (Fsp3) is 0.200. The van der Waals surface area contributed by atoms with Crippen LogP contribution in [0.5, 0.6) is 0 Å². The first-order chi connectivity index (χ1) is 8.08. The van der Waals surface area contributed by atoms with E-state index in [2.05, 4.69) is 39.0 Å². The van der Waals surface area contributed by atoms with Gasteiger partial charge in [-0.25, -0.2) is 0 Å². The molecule has 0 aliphatic carbocycles. The van der Waals surface area contributed by atoms with Crippen molar-refractivity contribution in [3.05, 3.63) is 58.1 Å². The fourth-order valence-corrected chi connectivity index (χ4v) is 3.19. The second kappa shape index (κ2) is 5.16. The Morgan fingerprint density at radius 3 is 2.12 bits per heavy atom. The minimum atomic E-state index is 0.817. The number of halogens is 1. The molecule has 0 fully saturated rings. The van der Waals surface area contributed by atoms with E-state index in [1.807, 2.05) is 18.2 Å². The fourth-order valence-electron chi connectivity index (χ4n) is 1.97. The molecule has 88 valence electrons. The van der Waals surface area contributed by atoms with Gasteiger partial charge in [-0.2, -0.15) is 0 Å². The third-order valence-electron chi connectivity index (χ3n) is 2.65. The van der Waals surface area contributed by atoms with Crippen LogP contribution < -0.4 is 0 Å². The topological polar surface area (TPSA) is 0 Å². The Kier molecular flexibility index (Phi) is 3.80. The Morgan fingerprint density at radius 2 is 1.53 bits per heavy atom. The molecule has 0 aliphatic rings. The Bertz CT molecular complexity index is 523. The van der Waals surface area contributed by atoms with Crippen molar-refractivity contribution in [1.29, 1.82) is 0 Å². The lowest BCUT2D eigenvalue weighted by molar-refractivity contribution is 1.19. The molecule has 0 aromatic heterocycles. The van der Waals surface area contributed by atoms with Gasteiger partial charge >= 0.3 is 0 Å². The average Bonchev–Trinajstić information content (AvgIpc) is 2.25. The Balaban J connectivity index is 2.40. The molecule has 0 nitrogen and oxygen atoms in total. The Labute approximate surface area is 112 Å². The Morgan fingerprint density at radius 1 is 0.941 bits per heavy atom. The summed E-state index contributed by atoms with van der Waals surface area (Å²) in [7, 11) is 0. The van der Waals surface area contributed by atoms with E-state index in [-0.39, 0.29) is 0 Å². The van der Waals surface area contributed by atoms with Crippen LogP contribution >= 0.6 is 23.4 Å². The van der Waals surface area contributed by atoms with Gasteiger partial charge in [-0.15, -0.1) is 0 Å². The van der Waals surface area contributed by atoms with Gasteiger partial charge in [0.15, 0.2) is 0 Å². The van der Waals surface area contributed by atoms with Crippen molar-refractivity contribution in [3.8, 4) is 0 Å². The zero-order chi connectivity index (χ0) is 12.4. The van der Waals surface area contributed by atoms with E-state index in [1.165, 1.54) is 21.6 Å². The summed E-state index contributed by atoms with van der Waals surface area (Å²) in [5.41, 5.74) is 3.93. The highest BCUT2D eigenvalue weighted by molar-refractivity contribution is 7.99. The van der Waals surface area contributed by atoms with Gasteiger partial charge in [0, 0.05) is 9.79 Å². The van der Waals surface area contributed by atoms with E-state index in [0.29, 0.717) is 0 Å². The highest BCUT2D eigenvalue weighted by atomic mass is 35.5. The van der Waals surface area contributed by atoms with Crippen LogP contribution in [0.25, 0.3) is 0 Å². The Hall–Kier alpha value is -0.920. The molecule has 0 aliphatic heterocycles. The smallest absolute Gasteiger partial charge is 0.0545 e. The second-order valence-corrected chi connectivity index (χ2v) is 5.72. The zero-order valence-corrected chi connectivity index (χ0v) is 11.8. The number of hydrogen-bond acceptors (Lipinski definition) is 1. The first-order valence-corrected chi connectivity index (χ1v) is 6.77. The highest BCUT2D eigenvalue weighted by Gasteiger charge is 2.07. The van der Waals surface area contributed by atoms with E-state index in [4.69, 9.17) is 11.6 Å². The quantitative estimate of drug-likeness (QED) is 0.697. The monoisotopic (exact) mass is 262 g/mol. The summed E-state index contributed by atoms with van der Waals surface area (Å²) >= 11 is 7.93. The van der Waals surface area contributed by atoms with Gasteiger partial charge in [0.25, 0.3) is 0 Å². The van der Waals surface area contributed by atoms with Crippen LogP contribution in [0.4, 0.5) is 0 Å². The van der Waals surface area contributed by atoms with Crippen LogP contribution in [0.1, 0.15) is 16.7 Å². The van der Waals surface area contributed by atoms with Crippen LogP contribution in [0.2, 0.25) is 5.02 Å². The lowest BCUT2D eigenvalue weighted by Gasteiger charge is -2.11. The van der Waals surface area contributed by atoms with Gasteiger partial charge in [-0.3, -0.25) is 0 Å². The summed E-state index contributed by atoms with van der Waals surface area (Å²) in [6.45, 7) is 6.43. The molecule has 2 aromatic rings. The van der Waals surface area contributed by atoms with Crippen molar-refractivity contribution in [2.45, 2.75) is 30.6 Å². The largest absolute Gasteiger partial charge is 0.0880 e. The molecule has 2 heteroatoms. The normalized spacial score (nSPS) is 10.6. The van der Waals surface area contributed by atoms with Crippen molar-refractivity contribution in [3.63, 3.8) is 0 Å². The highest BCUT2D eigenvalue weighted by Crippen LogP contribution is 2.37. The lowest BCUT2D eigenvalue weighted by Crippen LogP contribution is -1.87. The maximum atomic E-state index is 6.19. The van der Waals surface area contributed by atoms with Crippen LogP contribution in [0, 0.1) is 20.8 Å². The van der Waals surface area contributed by atoms with Gasteiger partial charge in [0.2, 0.25) is 0 Å². The minimum absolute atomic E-state index is 0.817. The maximum absolute atomic E-state index is 6.19. The second-order valence-electron chi connectivity index (χ2n) is 4.26. The molecule has 0 heterocycles. The van der Waals surface area contributed by atoms with E-state index in [9.17, 15) is 0 Å². The molecule has 0 saturated carbocycles. The van der Waals surface area contributed by atoms with Crippen LogP contribution in [-0.2, 0) is 0 Å². The molecular formula is C15H15ClS. The predicted molar refractivity (Wildman–Crippen MR) is 76.2 cm³/mol. The SMILES string of the molecule is Cc1cc(C)c(Sc2ccccc2Cl)c(C)c1. The van der Waals surface area contributed by atoms with E-state index < -0.39 is 0 Å². The molecule has 0 unspecified atom stereocenters. The molecule has 2 aromatic carbocycles. The third-order valence-corrected chi connectivity index (χ3v) is 4.52. The average molecular weight is 263 g/mol. The molecule has 2 rings (SSSR count). The molecule has 0 spiro atoms. The summed E-state index contributed by atoms with van der Waals surface area (Å²) < 4.78 is 0. The van der Waals surface area contributed by atoms with Gasteiger partial charge in [0.1, 0.15) is 0 Å². The van der Waals surface area contributed by atoms with Gasteiger partial charge in [-0.1, -0.05) is 53.2 Å². The van der Waals surface area contributed by atoms with Gasteiger partial charge in [-0.05, 0) is 44.0 Å². The van der Waals surface area contributed by atoms with Gasteiger partial charge < -0.3 is 0 Å². The number of benzene rings is 2. The minimum Gasteiger partial charge on any atom is -0.0880 e. The summed E-state index contributed by atoms with van der Waals surface area (Å²) in [6.07, 6.45) is 0. The predicted octanol–water partition coefficient (Wildman–Crippen LogP) is 5.42. The van der Waals surface area contributed by atoms with Crippen molar-refractivity contribution in [1.82, 2.24) is 0 Å². The first kappa shape index (κ1) is 12.5. The molecule has 17 heavy (non-hydrogen) atoms. The van der Waals surface area contributed by atoms with E-state index in [0.717, 1.165) is 9.92 Å². The van der Waals surface area contributed by atoms with Crippen LogP contribution in [0.15, 0.2) is 46.2 Å². The number of hydrogen-bond donors (Lipinski definition) is 0. The zero-order valence-electron chi connectivity index (χ0n) is 10.3. The van der Waals surface area contributed by atoms with Crippen molar-refractivity contribution >= 4 is 23.4 Å². The van der Waals surface area contributed by atoms with Gasteiger partial charge in [0.05, 0.1) is 5.02 Å². The molecule has 0 bridgehead atoms. The summed E-state index contributed by atoms with van der Waals surface area (Å²) in [6, 6.07) is 12.4. The third kappa shape index (κ3) is 2.85. The molecule has 0 radical (unpaired) electrons. The van der Waals surface area contributed by atoms with E-state index >= 15 is 0 Å². The molecule has 0 N–H and O–H groups in total. The van der Waals surface area contributed by atoms with Crippen molar-refractivity contribution in [2.24, 2.45) is 0 Å². The standard InChI is InChI=1S/C15H15ClS/c1-10-8-11(2)15(12(3)9-10)17-14-7-5-4-6-13(14)16/h4-9H,1-3H3. The van der Waals surface area contributed by atoms with Crippen LogP contribution in [-0.4, -0.2) is 0 Å². The summed E-state index contributed by atoms with van der Waals surface area (Å²) in [5.74, 6) is 0. The van der Waals surface area contributed by atoms with Crippen molar-refractivity contribution < 1.29 is 0 Å². The van der Waals surface area contributed by atoms with Crippen LogP contribution in [0.3, 0.4) is 0 Å². The molecular weight excluding hydrogens is 248 g/mol. The molecule has 0 atom stereocenters. The maximum Gasteiger partial charge on any atom is 0.0545 e. The first-order valence-electron chi connectivity index (χ1n) is 5.58. The van der Waals surface area contributed by atoms with E-state index in [1.54, 1.807) is 11.8 Å². The summed E-state index contributed by atoms with van der Waals surface area (Å²) in [5, 5.41) is 0.817. The molecule has 0 amide bonds. The number of aryl methyl sites for hydroxylation is 3.